The van der Waals surface area contributed by atoms with Crippen LogP contribution in [0.1, 0.15) is 48.3 Å². The molecule has 0 spiro atoms. The Morgan fingerprint density at radius 2 is 1.69 bits per heavy atom. The molecule has 3 rings (SSSR count). The van der Waals surface area contributed by atoms with E-state index in [2.05, 4.69) is 28.6 Å². The number of aryl methyl sites for hydroxylation is 2. The minimum Gasteiger partial charge on any atom is -0.497 e. The van der Waals surface area contributed by atoms with Gasteiger partial charge in [-0.3, -0.25) is 9.36 Å². The van der Waals surface area contributed by atoms with Gasteiger partial charge in [-0.1, -0.05) is 23.9 Å². The van der Waals surface area contributed by atoms with Gasteiger partial charge in [0.25, 0.3) is 0 Å². The number of methoxy groups -OCH3 is 1. The van der Waals surface area contributed by atoms with Gasteiger partial charge in [-0.15, -0.1) is 10.2 Å². The van der Waals surface area contributed by atoms with Crippen LogP contribution in [0.25, 0.3) is 11.4 Å². The minimum absolute atomic E-state index is 0.0994. The van der Waals surface area contributed by atoms with Crippen molar-refractivity contribution < 1.29 is 9.53 Å². The molecule has 1 heterocycles. The van der Waals surface area contributed by atoms with E-state index >= 15 is 0 Å². The van der Waals surface area contributed by atoms with Crippen molar-refractivity contribution in [1.82, 2.24) is 14.8 Å². The Bertz CT molecular complexity index is 1010. The second kappa shape index (κ2) is 8.82. The summed E-state index contributed by atoms with van der Waals surface area (Å²) >= 11 is 1.45. The molecule has 0 radical (unpaired) electrons. The molecule has 0 aliphatic carbocycles. The lowest BCUT2D eigenvalue weighted by atomic mass is 10.0. The Morgan fingerprint density at radius 3 is 2.28 bits per heavy atom. The maximum Gasteiger partial charge on any atom is 0.192 e. The minimum atomic E-state index is -0.262. The van der Waals surface area contributed by atoms with Gasteiger partial charge in [-0.25, -0.2) is 0 Å². The summed E-state index contributed by atoms with van der Waals surface area (Å²) in [6, 6.07) is 13.8. The molecule has 1 aromatic heterocycles. The van der Waals surface area contributed by atoms with Crippen LogP contribution in [0.5, 0.6) is 5.75 Å². The van der Waals surface area contributed by atoms with Gasteiger partial charge in [0, 0.05) is 17.2 Å². The fourth-order valence-corrected chi connectivity index (χ4v) is 4.16. The summed E-state index contributed by atoms with van der Waals surface area (Å²) in [5, 5.41) is 9.29. The van der Waals surface area contributed by atoms with E-state index in [0.29, 0.717) is 0 Å². The van der Waals surface area contributed by atoms with Crippen LogP contribution in [0, 0.1) is 13.8 Å². The molecule has 0 aliphatic heterocycles. The van der Waals surface area contributed by atoms with E-state index in [0.717, 1.165) is 33.4 Å². The number of hydrogen-bond donors (Lipinski definition) is 0. The van der Waals surface area contributed by atoms with Crippen LogP contribution in [0.3, 0.4) is 0 Å². The standard InChI is InChI=1S/C23H27N3O2S/c1-14(2)26-22(18-9-11-20(28-6)12-10-18)24-25-23(26)29-17(5)21(27)19-8-7-15(3)16(4)13-19/h7-14,17H,1-6H3/t17-/m0/s1. The zero-order valence-electron chi connectivity index (χ0n) is 17.8. The van der Waals surface area contributed by atoms with Crippen LogP contribution >= 0.6 is 11.8 Å². The average molecular weight is 410 g/mol. The smallest absolute Gasteiger partial charge is 0.192 e. The number of Topliss-reactive ketones (excluding diaryl/α,β-unsaturated/α-hetero) is 1. The topological polar surface area (TPSA) is 57.0 Å². The fraction of sp³-hybridized carbons (Fsp3) is 0.348. The molecule has 0 fully saturated rings. The Balaban J connectivity index is 1.87. The number of thioether (sulfide) groups is 1. The SMILES string of the molecule is COc1ccc(-c2nnc(S[C@@H](C)C(=O)c3ccc(C)c(C)c3)n2C(C)C)cc1. The molecule has 0 saturated carbocycles. The lowest BCUT2D eigenvalue weighted by Gasteiger charge is -2.16. The molecular formula is C23H27N3O2S. The van der Waals surface area contributed by atoms with Gasteiger partial charge >= 0.3 is 0 Å². The molecule has 0 N–H and O–H groups in total. The van der Waals surface area contributed by atoms with Crippen LogP contribution in [0.2, 0.25) is 0 Å². The van der Waals surface area contributed by atoms with E-state index in [1.165, 1.54) is 17.3 Å². The summed E-state index contributed by atoms with van der Waals surface area (Å²) in [5.74, 6) is 1.69. The Labute approximate surface area is 176 Å². The summed E-state index contributed by atoms with van der Waals surface area (Å²) < 4.78 is 7.32. The van der Waals surface area contributed by atoms with Crippen LogP contribution in [0.15, 0.2) is 47.6 Å². The molecule has 0 saturated heterocycles. The summed E-state index contributed by atoms with van der Waals surface area (Å²) in [5.41, 5.74) is 4.01. The van der Waals surface area contributed by atoms with Crippen molar-refractivity contribution >= 4 is 17.5 Å². The van der Waals surface area contributed by atoms with E-state index in [4.69, 9.17) is 4.74 Å². The van der Waals surface area contributed by atoms with Crippen molar-refractivity contribution in [2.45, 2.75) is 51.1 Å². The number of hydrogen-bond acceptors (Lipinski definition) is 5. The predicted molar refractivity (Wildman–Crippen MR) is 118 cm³/mol. The summed E-state index contributed by atoms with van der Waals surface area (Å²) in [6.07, 6.45) is 0. The number of nitrogens with zero attached hydrogens (tertiary/aromatic N) is 3. The Morgan fingerprint density at radius 1 is 1.00 bits per heavy atom. The molecule has 0 amide bonds. The van der Waals surface area contributed by atoms with Crippen LogP contribution < -0.4 is 4.74 Å². The predicted octanol–water partition coefficient (Wildman–Crippen LogP) is 5.51. The number of carbonyl (C=O) groups excluding carboxylic acids is 1. The second-order valence-electron chi connectivity index (χ2n) is 7.42. The van der Waals surface area contributed by atoms with Crippen LogP contribution in [-0.2, 0) is 0 Å². The molecule has 1 atom stereocenters. The highest BCUT2D eigenvalue weighted by Crippen LogP contribution is 2.31. The first kappa shape index (κ1) is 21.1. The molecule has 0 bridgehead atoms. The molecule has 29 heavy (non-hydrogen) atoms. The first-order valence-corrected chi connectivity index (χ1v) is 10.6. The van der Waals surface area contributed by atoms with Crippen molar-refractivity contribution in [1.29, 1.82) is 0 Å². The number of rotatable bonds is 7. The van der Waals surface area contributed by atoms with E-state index in [1.54, 1.807) is 7.11 Å². The van der Waals surface area contributed by atoms with E-state index in [-0.39, 0.29) is 17.1 Å². The molecule has 152 valence electrons. The first-order valence-electron chi connectivity index (χ1n) is 9.69. The van der Waals surface area contributed by atoms with Crippen molar-refractivity contribution in [3.05, 3.63) is 59.2 Å². The molecule has 0 aliphatic rings. The molecule has 3 aromatic rings. The highest BCUT2D eigenvalue weighted by molar-refractivity contribution is 8.00. The highest BCUT2D eigenvalue weighted by Gasteiger charge is 2.23. The molecule has 2 aromatic carbocycles. The Kier molecular flexibility index (Phi) is 6.42. The van der Waals surface area contributed by atoms with Crippen molar-refractivity contribution in [3.63, 3.8) is 0 Å². The van der Waals surface area contributed by atoms with Gasteiger partial charge in [0.1, 0.15) is 5.75 Å². The molecular weight excluding hydrogens is 382 g/mol. The largest absolute Gasteiger partial charge is 0.497 e. The lowest BCUT2D eigenvalue weighted by Crippen LogP contribution is -2.15. The van der Waals surface area contributed by atoms with Crippen molar-refractivity contribution in [2.75, 3.05) is 7.11 Å². The number of ketones is 1. The van der Waals surface area contributed by atoms with E-state index in [1.807, 2.05) is 63.2 Å². The van der Waals surface area contributed by atoms with E-state index < -0.39 is 0 Å². The van der Waals surface area contributed by atoms with Gasteiger partial charge in [-0.05, 0) is 76.1 Å². The maximum atomic E-state index is 12.9. The molecule has 0 unspecified atom stereocenters. The van der Waals surface area contributed by atoms with Crippen LogP contribution in [-0.4, -0.2) is 32.9 Å². The first-order chi connectivity index (χ1) is 13.8. The van der Waals surface area contributed by atoms with E-state index in [9.17, 15) is 4.79 Å². The zero-order chi connectivity index (χ0) is 21.1. The summed E-state index contributed by atoms with van der Waals surface area (Å²) in [6.45, 7) is 10.2. The third kappa shape index (κ3) is 4.53. The quantitative estimate of drug-likeness (QED) is 0.380. The number of benzene rings is 2. The number of ether oxygens (including phenoxy) is 1. The van der Waals surface area contributed by atoms with Crippen molar-refractivity contribution in [2.24, 2.45) is 0 Å². The summed E-state index contributed by atoms with van der Waals surface area (Å²) in [4.78, 5) is 12.9. The number of aromatic nitrogens is 3. The summed E-state index contributed by atoms with van der Waals surface area (Å²) in [7, 11) is 1.65. The van der Waals surface area contributed by atoms with Gasteiger partial charge < -0.3 is 4.74 Å². The van der Waals surface area contributed by atoms with Gasteiger partial charge in [-0.2, -0.15) is 0 Å². The van der Waals surface area contributed by atoms with Crippen LogP contribution in [0.4, 0.5) is 0 Å². The normalized spacial score (nSPS) is 12.2. The van der Waals surface area contributed by atoms with Crippen molar-refractivity contribution in [3.8, 4) is 17.1 Å². The second-order valence-corrected chi connectivity index (χ2v) is 8.73. The number of carbonyl (C=O) groups is 1. The third-order valence-electron chi connectivity index (χ3n) is 4.97. The third-order valence-corrected chi connectivity index (χ3v) is 6.03. The highest BCUT2D eigenvalue weighted by atomic mass is 32.2. The maximum absolute atomic E-state index is 12.9. The monoisotopic (exact) mass is 409 g/mol. The Hall–Kier alpha value is -2.60. The zero-order valence-corrected chi connectivity index (χ0v) is 18.6. The molecule has 5 nitrogen and oxygen atoms in total. The van der Waals surface area contributed by atoms with Gasteiger partial charge in [0.2, 0.25) is 0 Å². The van der Waals surface area contributed by atoms with Gasteiger partial charge in [0.05, 0.1) is 12.4 Å². The average Bonchev–Trinajstić information content (AvgIpc) is 3.13. The lowest BCUT2D eigenvalue weighted by molar-refractivity contribution is 0.0993. The molecule has 6 heteroatoms. The van der Waals surface area contributed by atoms with Gasteiger partial charge in [0.15, 0.2) is 16.8 Å². The fourth-order valence-electron chi connectivity index (χ4n) is 3.10.